The Bertz CT molecular complexity index is 370. The summed E-state index contributed by atoms with van der Waals surface area (Å²) in [5.74, 6) is 0.0533. The largest absolute Gasteiger partial charge is 0.326 e. The summed E-state index contributed by atoms with van der Waals surface area (Å²) in [5, 5.41) is 9.49. The molecule has 19 heavy (non-hydrogen) atoms. The Hall–Kier alpha value is -1.12. The van der Waals surface area contributed by atoms with Gasteiger partial charge in [-0.3, -0.25) is 9.69 Å². The van der Waals surface area contributed by atoms with Crippen molar-refractivity contribution in [1.82, 2.24) is 9.80 Å². The summed E-state index contributed by atoms with van der Waals surface area (Å²) in [6, 6.07) is 2.59. The van der Waals surface area contributed by atoms with E-state index in [0.717, 1.165) is 45.2 Å². The summed E-state index contributed by atoms with van der Waals surface area (Å²) in [6.45, 7) is 2.08. The first-order valence-electron chi connectivity index (χ1n) is 7.23. The molecule has 106 valence electrons. The molecule has 0 aromatic heterocycles. The van der Waals surface area contributed by atoms with Crippen LogP contribution in [-0.4, -0.2) is 54.0 Å². The molecular formula is C14H24N4O. The quantitative estimate of drug-likeness (QED) is 0.814. The third-order valence-corrected chi connectivity index (χ3v) is 4.57. The number of nitrogens with two attached hydrogens (primary N) is 1. The van der Waals surface area contributed by atoms with E-state index in [1.807, 2.05) is 0 Å². The number of carbonyl (C=O) groups excluding carboxylic acids is 1. The van der Waals surface area contributed by atoms with Crippen molar-refractivity contribution in [3.05, 3.63) is 0 Å². The van der Waals surface area contributed by atoms with E-state index in [1.165, 1.54) is 6.42 Å². The molecule has 0 spiro atoms. The monoisotopic (exact) mass is 264 g/mol. The molecular weight excluding hydrogens is 240 g/mol. The molecule has 0 aromatic rings. The van der Waals surface area contributed by atoms with Gasteiger partial charge in [0.2, 0.25) is 5.91 Å². The van der Waals surface area contributed by atoms with Gasteiger partial charge >= 0.3 is 0 Å². The predicted octanol–water partition coefficient (Wildman–Crippen LogP) is 0.704. The lowest BCUT2D eigenvalue weighted by Gasteiger charge is -2.39. The zero-order chi connectivity index (χ0) is 13.9. The molecule has 2 N–H and O–H groups in total. The highest BCUT2D eigenvalue weighted by Crippen LogP contribution is 2.32. The summed E-state index contributed by atoms with van der Waals surface area (Å²) < 4.78 is 0. The number of hydrogen-bond acceptors (Lipinski definition) is 4. The summed E-state index contributed by atoms with van der Waals surface area (Å²) in [7, 11) is 1.78. The number of hydrogen-bond donors (Lipinski definition) is 1. The lowest BCUT2D eigenvalue weighted by Crippen LogP contribution is -2.52. The third-order valence-electron chi connectivity index (χ3n) is 4.57. The van der Waals surface area contributed by atoms with E-state index >= 15 is 0 Å². The van der Waals surface area contributed by atoms with Gasteiger partial charge in [-0.1, -0.05) is 19.3 Å². The van der Waals surface area contributed by atoms with Crippen molar-refractivity contribution >= 4 is 5.91 Å². The van der Waals surface area contributed by atoms with Crippen LogP contribution in [0.4, 0.5) is 0 Å². The average molecular weight is 264 g/mol. The minimum Gasteiger partial charge on any atom is -0.326 e. The van der Waals surface area contributed by atoms with Crippen molar-refractivity contribution < 1.29 is 4.79 Å². The molecule has 1 amide bonds. The highest BCUT2D eigenvalue weighted by atomic mass is 16.2. The Kier molecular flexibility index (Phi) is 4.43. The Labute approximate surface area is 115 Å². The van der Waals surface area contributed by atoms with Crippen LogP contribution < -0.4 is 5.73 Å². The molecule has 0 unspecified atom stereocenters. The van der Waals surface area contributed by atoms with Crippen LogP contribution in [0.1, 0.15) is 38.5 Å². The highest BCUT2D eigenvalue weighted by molar-refractivity contribution is 5.79. The lowest BCUT2D eigenvalue weighted by molar-refractivity contribution is -0.135. The summed E-state index contributed by atoms with van der Waals surface area (Å²) >= 11 is 0. The molecule has 2 rings (SSSR count). The van der Waals surface area contributed by atoms with Crippen LogP contribution in [0, 0.1) is 11.3 Å². The van der Waals surface area contributed by atoms with E-state index in [9.17, 15) is 10.1 Å². The molecule has 1 heterocycles. The first-order valence-corrected chi connectivity index (χ1v) is 7.23. The zero-order valence-electron chi connectivity index (χ0n) is 11.8. The van der Waals surface area contributed by atoms with Gasteiger partial charge in [-0.15, -0.1) is 0 Å². The van der Waals surface area contributed by atoms with Crippen LogP contribution in [0.2, 0.25) is 0 Å². The molecule has 0 radical (unpaired) electrons. The fourth-order valence-corrected chi connectivity index (χ4v) is 3.20. The third kappa shape index (κ3) is 3.07. The fraction of sp³-hybridized carbons (Fsp3) is 0.857. The number of rotatable bonds is 3. The summed E-state index contributed by atoms with van der Waals surface area (Å²) in [4.78, 5) is 16.1. The molecule has 0 aromatic carbocycles. The minimum absolute atomic E-state index is 0.0533. The van der Waals surface area contributed by atoms with Crippen molar-refractivity contribution in [2.45, 2.75) is 50.1 Å². The SMILES string of the molecule is CN(C(=O)CN1CC[C@H](N)C1)C1(C#N)CCCCC1. The van der Waals surface area contributed by atoms with Crippen LogP contribution in [0.5, 0.6) is 0 Å². The van der Waals surface area contributed by atoms with Crippen molar-refractivity contribution in [3.8, 4) is 6.07 Å². The Morgan fingerprint density at radius 1 is 1.47 bits per heavy atom. The van der Waals surface area contributed by atoms with Gasteiger partial charge in [0.25, 0.3) is 0 Å². The number of likely N-dealkylation sites (tertiary alicyclic amines) is 1. The van der Waals surface area contributed by atoms with Gasteiger partial charge in [-0.2, -0.15) is 5.26 Å². The predicted molar refractivity (Wildman–Crippen MR) is 73.2 cm³/mol. The number of carbonyl (C=O) groups is 1. The number of amides is 1. The first-order chi connectivity index (χ1) is 9.07. The van der Waals surface area contributed by atoms with E-state index in [-0.39, 0.29) is 11.9 Å². The van der Waals surface area contributed by atoms with Crippen molar-refractivity contribution in [2.75, 3.05) is 26.7 Å². The summed E-state index contributed by atoms with van der Waals surface area (Å²) in [6.07, 6.45) is 5.84. The van der Waals surface area contributed by atoms with Crippen LogP contribution in [0.3, 0.4) is 0 Å². The van der Waals surface area contributed by atoms with Gasteiger partial charge in [0.1, 0.15) is 5.54 Å². The topological polar surface area (TPSA) is 73.4 Å². The Morgan fingerprint density at radius 3 is 2.68 bits per heavy atom. The normalized spacial score (nSPS) is 26.9. The molecule has 1 saturated heterocycles. The smallest absolute Gasteiger partial charge is 0.237 e. The maximum atomic E-state index is 12.4. The molecule has 5 heteroatoms. The molecule has 1 saturated carbocycles. The molecule has 1 aliphatic heterocycles. The fourth-order valence-electron chi connectivity index (χ4n) is 3.20. The lowest BCUT2D eigenvalue weighted by atomic mass is 9.81. The van der Waals surface area contributed by atoms with Crippen molar-refractivity contribution in [3.63, 3.8) is 0 Å². The van der Waals surface area contributed by atoms with Gasteiger partial charge in [0.15, 0.2) is 0 Å². The van der Waals surface area contributed by atoms with Crippen LogP contribution in [0.25, 0.3) is 0 Å². The van der Waals surface area contributed by atoms with Crippen LogP contribution in [-0.2, 0) is 4.79 Å². The van der Waals surface area contributed by atoms with Crippen LogP contribution >= 0.6 is 0 Å². The number of nitriles is 1. The van der Waals surface area contributed by atoms with Crippen molar-refractivity contribution in [2.24, 2.45) is 5.73 Å². The molecule has 0 bridgehead atoms. The average Bonchev–Trinajstić information content (AvgIpc) is 2.84. The summed E-state index contributed by atoms with van der Waals surface area (Å²) in [5.41, 5.74) is 5.28. The van der Waals surface area contributed by atoms with Gasteiger partial charge in [0.05, 0.1) is 12.6 Å². The number of likely N-dealkylation sites (N-methyl/N-ethyl adjacent to an activating group) is 1. The maximum absolute atomic E-state index is 12.4. The standard InChI is InChI=1S/C14H24N4O/c1-17(14(11-15)6-3-2-4-7-14)13(19)10-18-8-5-12(16)9-18/h12H,2-10,16H2,1H3/t12-/m0/s1. The Morgan fingerprint density at radius 2 is 2.16 bits per heavy atom. The second-order valence-electron chi connectivity index (χ2n) is 5.94. The van der Waals surface area contributed by atoms with E-state index in [4.69, 9.17) is 5.73 Å². The Balaban J connectivity index is 1.95. The van der Waals surface area contributed by atoms with Crippen molar-refractivity contribution in [1.29, 1.82) is 5.26 Å². The van der Waals surface area contributed by atoms with Gasteiger partial charge in [-0.05, 0) is 19.3 Å². The second-order valence-corrected chi connectivity index (χ2v) is 5.94. The minimum atomic E-state index is -0.572. The maximum Gasteiger partial charge on any atom is 0.237 e. The van der Waals surface area contributed by atoms with Gasteiger partial charge < -0.3 is 10.6 Å². The second kappa shape index (κ2) is 5.89. The molecule has 1 aliphatic carbocycles. The van der Waals surface area contributed by atoms with E-state index in [2.05, 4.69) is 11.0 Å². The van der Waals surface area contributed by atoms with Crippen LogP contribution in [0.15, 0.2) is 0 Å². The molecule has 5 nitrogen and oxygen atoms in total. The van der Waals surface area contributed by atoms with E-state index in [0.29, 0.717) is 6.54 Å². The highest BCUT2D eigenvalue weighted by Gasteiger charge is 2.39. The molecule has 2 fully saturated rings. The number of nitrogens with zero attached hydrogens (tertiary/aromatic N) is 3. The molecule has 1 atom stereocenters. The zero-order valence-corrected chi connectivity index (χ0v) is 11.8. The van der Waals surface area contributed by atoms with Gasteiger partial charge in [0, 0.05) is 26.2 Å². The van der Waals surface area contributed by atoms with E-state index < -0.39 is 5.54 Å². The molecule has 2 aliphatic rings. The van der Waals surface area contributed by atoms with E-state index in [1.54, 1.807) is 11.9 Å². The first kappa shape index (κ1) is 14.3. The van der Waals surface area contributed by atoms with Gasteiger partial charge in [-0.25, -0.2) is 0 Å².